The maximum atomic E-state index is 11.1. The first-order valence-corrected chi connectivity index (χ1v) is 10.5. The Morgan fingerprint density at radius 3 is 2.44 bits per heavy atom. The van der Waals surface area contributed by atoms with Crippen LogP contribution in [0.15, 0.2) is 54.6 Å². The van der Waals surface area contributed by atoms with Crippen LogP contribution >= 0.6 is 0 Å². The summed E-state index contributed by atoms with van der Waals surface area (Å²) in [5, 5.41) is 10.3. The van der Waals surface area contributed by atoms with Gasteiger partial charge in [0.1, 0.15) is 12.0 Å². The van der Waals surface area contributed by atoms with Crippen LogP contribution in [-0.4, -0.2) is 44.1 Å². The third-order valence-electron chi connectivity index (χ3n) is 5.97. The largest absolute Gasteiger partial charge is 0.504 e. The van der Waals surface area contributed by atoms with Gasteiger partial charge in [-0.25, -0.2) is 0 Å². The van der Waals surface area contributed by atoms with Crippen molar-refractivity contribution < 1.29 is 24.1 Å². The Morgan fingerprint density at radius 2 is 1.75 bits per heavy atom. The number of phenols is 1. The summed E-state index contributed by atoms with van der Waals surface area (Å²) in [7, 11) is 5.25. The summed E-state index contributed by atoms with van der Waals surface area (Å²) in [5.41, 5.74) is 4.03. The van der Waals surface area contributed by atoms with Crippen LogP contribution in [0.2, 0.25) is 0 Å². The predicted molar refractivity (Wildman–Crippen MR) is 122 cm³/mol. The highest BCUT2D eigenvalue weighted by Gasteiger charge is 2.26. The van der Waals surface area contributed by atoms with Crippen LogP contribution in [0.1, 0.15) is 33.1 Å². The molecule has 1 atom stereocenters. The standard InChI is InChI=1S/C26H27NO5/c1-27-11-10-19-14-25(31-3)23(29)15-21(19)22(27)12-17-4-7-20(8-5-17)32-26-13-18(16-28)6-9-24(26)30-2/h4-9,13-16,22,29H,10-12H2,1-3H3/t22-/m1/s1. The van der Waals surface area contributed by atoms with Crippen LogP contribution < -0.4 is 14.2 Å². The first-order chi connectivity index (χ1) is 15.5. The third kappa shape index (κ3) is 4.41. The topological polar surface area (TPSA) is 68.2 Å². The number of carbonyl (C=O) groups is 1. The average Bonchev–Trinajstić information content (AvgIpc) is 2.81. The lowest BCUT2D eigenvalue weighted by molar-refractivity contribution is 0.112. The molecule has 0 radical (unpaired) electrons. The number of ether oxygens (including phenoxy) is 3. The molecule has 0 aliphatic carbocycles. The SMILES string of the molecule is COc1cc2c(cc1O)[C@@H](Cc1ccc(Oc3cc(C=O)ccc3OC)cc1)N(C)CC2. The van der Waals surface area contributed by atoms with Crippen molar-refractivity contribution in [2.24, 2.45) is 0 Å². The number of aldehydes is 1. The smallest absolute Gasteiger partial charge is 0.169 e. The molecule has 1 heterocycles. The van der Waals surface area contributed by atoms with Crippen molar-refractivity contribution in [3.63, 3.8) is 0 Å². The zero-order chi connectivity index (χ0) is 22.7. The Labute approximate surface area is 188 Å². The molecule has 0 saturated heterocycles. The Balaban J connectivity index is 1.54. The lowest BCUT2D eigenvalue weighted by Crippen LogP contribution is -2.33. The van der Waals surface area contributed by atoms with E-state index in [9.17, 15) is 9.90 Å². The number of hydrogen-bond donors (Lipinski definition) is 1. The Morgan fingerprint density at radius 1 is 1.00 bits per heavy atom. The average molecular weight is 434 g/mol. The maximum Gasteiger partial charge on any atom is 0.169 e. The second kappa shape index (κ2) is 9.32. The Hall–Kier alpha value is -3.51. The summed E-state index contributed by atoms with van der Waals surface area (Å²) in [5.74, 6) is 2.41. The molecular formula is C26H27NO5. The van der Waals surface area contributed by atoms with Gasteiger partial charge in [-0.3, -0.25) is 9.69 Å². The second-order valence-electron chi connectivity index (χ2n) is 7.95. The molecule has 0 saturated carbocycles. The molecule has 0 bridgehead atoms. The minimum Gasteiger partial charge on any atom is -0.504 e. The monoisotopic (exact) mass is 433 g/mol. The maximum absolute atomic E-state index is 11.1. The van der Waals surface area contributed by atoms with Gasteiger partial charge in [-0.05, 0) is 79.0 Å². The molecule has 32 heavy (non-hydrogen) atoms. The van der Waals surface area contributed by atoms with E-state index in [0.29, 0.717) is 28.6 Å². The third-order valence-corrected chi connectivity index (χ3v) is 5.97. The summed E-state index contributed by atoms with van der Waals surface area (Å²) in [6.45, 7) is 0.944. The Kier molecular flexibility index (Phi) is 6.32. The predicted octanol–water partition coefficient (Wildman–Crippen LogP) is 4.79. The summed E-state index contributed by atoms with van der Waals surface area (Å²) in [6.07, 6.45) is 2.51. The van der Waals surface area contributed by atoms with E-state index in [4.69, 9.17) is 14.2 Å². The quantitative estimate of drug-likeness (QED) is 0.541. The summed E-state index contributed by atoms with van der Waals surface area (Å²) >= 11 is 0. The number of phenolic OH excluding ortho intramolecular Hbond substituents is 1. The Bertz CT molecular complexity index is 1110. The van der Waals surface area contributed by atoms with Crippen LogP contribution in [0.5, 0.6) is 28.7 Å². The lowest BCUT2D eigenvalue weighted by atomic mass is 9.88. The number of methoxy groups -OCH3 is 2. The van der Waals surface area contributed by atoms with E-state index >= 15 is 0 Å². The number of nitrogens with zero attached hydrogens (tertiary/aromatic N) is 1. The van der Waals surface area contributed by atoms with E-state index in [2.05, 4.69) is 11.9 Å². The minimum atomic E-state index is 0.159. The molecule has 0 aromatic heterocycles. The molecule has 166 valence electrons. The number of aromatic hydroxyl groups is 1. The first kappa shape index (κ1) is 21.7. The fourth-order valence-electron chi connectivity index (χ4n) is 4.16. The van der Waals surface area contributed by atoms with Crippen molar-refractivity contribution in [1.29, 1.82) is 0 Å². The molecular weight excluding hydrogens is 406 g/mol. The second-order valence-corrected chi connectivity index (χ2v) is 7.95. The zero-order valence-corrected chi connectivity index (χ0v) is 18.5. The normalized spacial score (nSPS) is 15.7. The molecule has 1 aliphatic rings. The van der Waals surface area contributed by atoms with E-state index in [1.54, 1.807) is 32.4 Å². The van der Waals surface area contributed by atoms with Crippen molar-refractivity contribution in [1.82, 2.24) is 4.90 Å². The van der Waals surface area contributed by atoms with Gasteiger partial charge in [-0.1, -0.05) is 12.1 Å². The van der Waals surface area contributed by atoms with Gasteiger partial charge in [0.15, 0.2) is 23.0 Å². The van der Waals surface area contributed by atoms with Crippen molar-refractivity contribution >= 4 is 6.29 Å². The number of benzene rings is 3. The highest BCUT2D eigenvalue weighted by atomic mass is 16.5. The van der Waals surface area contributed by atoms with Crippen LogP contribution in [0.3, 0.4) is 0 Å². The molecule has 0 spiro atoms. The summed E-state index contributed by atoms with van der Waals surface area (Å²) in [4.78, 5) is 13.4. The molecule has 4 rings (SSSR count). The van der Waals surface area contributed by atoms with Gasteiger partial charge in [0.25, 0.3) is 0 Å². The number of fused-ring (bicyclic) bond motifs is 1. The number of carbonyl (C=O) groups excluding carboxylic acids is 1. The highest BCUT2D eigenvalue weighted by molar-refractivity contribution is 5.76. The van der Waals surface area contributed by atoms with Crippen LogP contribution in [0.4, 0.5) is 0 Å². The van der Waals surface area contributed by atoms with E-state index < -0.39 is 0 Å². The molecule has 0 fully saturated rings. The molecule has 1 N–H and O–H groups in total. The van der Waals surface area contributed by atoms with Crippen LogP contribution in [-0.2, 0) is 12.8 Å². The lowest BCUT2D eigenvalue weighted by Gasteiger charge is -2.35. The zero-order valence-electron chi connectivity index (χ0n) is 18.5. The van der Waals surface area contributed by atoms with Gasteiger partial charge in [0, 0.05) is 18.2 Å². The minimum absolute atomic E-state index is 0.159. The first-order valence-electron chi connectivity index (χ1n) is 10.5. The van der Waals surface area contributed by atoms with Gasteiger partial charge < -0.3 is 19.3 Å². The van der Waals surface area contributed by atoms with Crippen molar-refractivity contribution in [3.05, 3.63) is 76.9 Å². The number of hydrogen-bond acceptors (Lipinski definition) is 6. The molecule has 1 aliphatic heterocycles. The number of likely N-dealkylation sites (N-methyl/N-ethyl adjacent to an activating group) is 1. The van der Waals surface area contributed by atoms with Crippen LogP contribution in [0, 0.1) is 0 Å². The van der Waals surface area contributed by atoms with E-state index in [1.165, 1.54) is 5.56 Å². The van der Waals surface area contributed by atoms with Crippen LogP contribution in [0.25, 0.3) is 0 Å². The van der Waals surface area contributed by atoms with Crippen molar-refractivity contribution in [2.75, 3.05) is 27.8 Å². The van der Waals surface area contributed by atoms with Gasteiger partial charge in [0.2, 0.25) is 0 Å². The van der Waals surface area contributed by atoms with Gasteiger partial charge in [0.05, 0.1) is 14.2 Å². The van der Waals surface area contributed by atoms with E-state index in [1.807, 2.05) is 36.4 Å². The molecule has 0 amide bonds. The molecule has 3 aromatic carbocycles. The summed E-state index contributed by atoms with van der Waals surface area (Å²) < 4.78 is 16.6. The van der Waals surface area contributed by atoms with Gasteiger partial charge in [-0.15, -0.1) is 0 Å². The highest BCUT2D eigenvalue weighted by Crippen LogP contribution is 2.39. The number of rotatable bonds is 7. The van der Waals surface area contributed by atoms with Gasteiger partial charge >= 0.3 is 0 Å². The van der Waals surface area contributed by atoms with Gasteiger partial charge in [-0.2, -0.15) is 0 Å². The van der Waals surface area contributed by atoms with E-state index in [0.717, 1.165) is 36.8 Å². The van der Waals surface area contributed by atoms with Crippen molar-refractivity contribution in [2.45, 2.75) is 18.9 Å². The van der Waals surface area contributed by atoms with Crippen molar-refractivity contribution in [3.8, 4) is 28.7 Å². The fourth-order valence-corrected chi connectivity index (χ4v) is 4.16. The molecule has 6 nitrogen and oxygen atoms in total. The molecule has 3 aromatic rings. The molecule has 6 heteroatoms. The van der Waals surface area contributed by atoms with E-state index in [-0.39, 0.29) is 11.8 Å². The summed E-state index contributed by atoms with van der Waals surface area (Å²) in [6, 6.07) is 16.9. The fraction of sp³-hybridized carbons (Fsp3) is 0.269. The molecule has 0 unspecified atom stereocenters.